The molecule has 3 heterocycles. The largest absolute Gasteiger partial charge is 0.353 e. The molecule has 3 saturated heterocycles. The van der Waals surface area contributed by atoms with Gasteiger partial charge in [0.1, 0.15) is 0 Å². The van der Waals surface area contributed by atoms with E-state index in [1.807, 2.05) is 6.92 Å². The highest BCUT2D eigenvalue weighted by molar-refractivity contribution is 5.16. The van der Waals surface area contributed by atoms with Gasteiger partial charge in [0, 0.05) is 13.0 Å². The van der Waals surface area contributed by atoms with Gasteiger partial charge in [0.25, 0.3) is 0 Å². The van der Waals surface area contributed by atoms with E-state index in [1.54, 1.807) is 7.11 Å². The van der Waals surface area contributed by atoms with Crippen LogP contribution in [0.4, 0.5) is 0 Å². The third-order valence-corrected chi connectivity index (χ3v) is 6.01. The van der Waals surface area contributed by atoms with Gasteiger partial charge in [-0.1, -0.05) is 43.2 Å². The van der Waals surface area contributed by atoms with E-state index < -0.39 is 11.4 Å². The van der Waals surface area contributed by atoms with E-state index in [9.17, 15) is 0 Å². The van der Waals surface area contributed by atoms with E-state index in [0.29, 0.717) is 5.92 Å². The van der Waals surface area contributed by atoms with Crippen LogP contribution in [0, 0.1) is 11.8 Å². The van der Waals surface area contributed by atoms with E-state index in [1.165, 1.54) is 12.0 Å². The zero-order valence-corrected chi connectivity index (χ0v) is 14.0. The molecule has 1 aromatic carbocycles. The highest BCUT2D eigenvalue weighted by Crippen LogP contribution is 2.54. The van der Waals surface area contributed by atoms with E-state index >= 15 is 0 Å². The van der Waals surface area contributed by atoms with Crippen LogP contribution >= 0.6 is 0 Å². The third kappa shape index (κ3) is 2.52. The van der Waals surface area contributed by atoms with Crippen molar-refractivity contribution in [2.75, 3.05) is 7.11 Å². The molecule has 0 amide bonds. The molecule has 4 heteroatoms. The molecule has 0 N–H and O–H groups in total. The summed E-state index contributed by atoms with van der Waals surface area (Å²) in [6.07, 6.45) is 6.16. The summed E-state index contributed by atoms with van der Waals surface area (Å²) in [4.78, 5) is 11.9. The number of fused-ring (bicyclic) bond motifs is 3. The molecule has 5 atom stereocenters. The third-order valence-electron chi connectivity index (χ3n) is 6.01. The Hall–Kier alpha value is -0.940. The molecule has 1 spiro atoms. The number of hydrogen-bond acceptors (Lipinski definition) is 4. The van der Waals surface area contributed by atoms with Crippen molar-refractivity contribution in [3.05, 3.63) is 35.9 Å². The van der Waals surface area contributed by atoms with Gasteiger partial charge in [0.2, 0.25) is 5.79 Å². The molecular formula is C19H26O4. The van der Waals surface area contributed by atoms with Crippen molar-refractivity contribution in [2.24, 2.45) is 11.8 Å². The van der Waals surface area contributed by atoms with Gasteiger partial charge >= 0.3 is 0 Å². The summed E-state index contributed by atoms with van der Waals surface area (Å²) in [5.74, 6) is -0.0618. The summed E-state index contributed by atoms with van der Waals surface area (Å²) in [5.41, 5.74) is 0.882. The van der Waals surface area contributed by atoms with Crippen LogP contribution in [-0.4, -0.2) is 24.8 Å². The zero-order valence-electron chi connectivity index (χ0n) is 14.0. The molecule has 0 unspecified atom stereocenters. The molecule has 5 rings (SSSR count). The van der Waals surface area contributed by atoms with Gasteiger partial charge in [0.05, 0.1) is 0 Å². The Labute approximate surface area is 138 Å². The fraction of sp³-hybridized carbons (Fsp3) is 0.684. The molecule has 0 aromatic heterocycles. The summed E-state index contributed by atoms with van der Waals surface area (Å²) in [6.45, 7) is 2.00. The number of rotatable bonds is 3. The smallest absolute Gasteiger partial charge is 0.204 e. The first-order valence-corrected chi connectivity index (χ1v) is 8.78. The Kier molecular flexibility index (Phi) is 3.96. The van der Waals surface area contributed by atoms with Crippen molar-refractivity contribution in [2.45, 2.75) is 63.1 Å². The molecule has 1 aromatic rings. The van der Waals surface area contributed by atoms with Crippen LogP contribution in [0.3, 0.4) is 0 Å². The van der Waals surface area contributed by atoms with Crippen LogP contribution in [0.15, 0.2) is 30.3 Å². The molecule has 23 heavy (non-hydrogen) atoms. The van der Waals surface area contributed by atoms with E-state index in [-0.39, 0.29) is 12.2 Å². The van der Waals surface area contributed by atoms with Crippen LogP contribution in [0.25, 0.3) is 0 Å². The van der Waals surface area contributed by atoms with Crippen molar-refractivity contribution in [1.82, 2.24) is 0 Å². The first kappa shape index (κ1) is 15.6. The maximum Gasteiger partial charge on any atom is 0.204 e. The second-order valence-electron chi connectivity index (χ2n) is 7.39. The molecule has 3 aliphatic heterocycles. The standard InChI is InChI=1S/C19H26O4/c1-18-16(12-14-8-4-3-5-9-14)13-15-10-6-7-11-19(15,23-22-18)17(20-2)21-18/h3-5,8-9,15-17H,6-7,10-13H2,1-2H3/t15-,16+,17+,18-,19+/m1/s1. The van der Waals surface area contributed by atoms with Crippen molar-refractivity contribution in [3.8, 4) is 0 Å². The van der Waals surface area contributed by atoms with Gasteiger partial charge < -0.3 is 9.47 Å². The minimum atomic E-state index is -0.751. The molecule has 2 bridgehead atoms. The fourth-order valence-electron chi connectivity index (χ4n) is 4.65. The minimum absolute atomic E-state index is 0.259. The Morgan fingerprint density at radius 3 is 2.78 bits per heavy atom. The lowest BCUT2D eigenvalue weighted by Gasteiger charge is -2.49. The number of benzene rings is 1. The van der Waals surface area contributed by atoms with Crippen LogP contribution in [0.5, 0.6) is 0 Å². The second-order valence-corrected chi connectivity index (χ2v) is 7.39. The lowest BCUT2D eigenvalue weighted by molar-refractivity contribution is -0.553. The molecule has 0 radical (unpaired) electrons. The average Bonchev–Trinajstić information content (AvgIpc) is 2.77. The summed E-state index contributed by atoms with van der Waals surface area (Å²) < 4.78 is 12.0. The molecule has 4 fully saturated rings. The van der Waals surface area contributed by atoms with E-state index in [2.05, 4.69) is 30.3 Å². The van der Waals surface area contributed by atoms with Gasteiger partial charge in [-0.25, -0.2) is 9.78 Å². The Morgan fingerprint density at radius 1 is 1.17 bits per heavy atom. The van der Waals surface area contributed by atoms with Crippen molar-refractivity contribution in [1.29, 1.82) is 0 Å². The van der Waals surface area contributed by atoms with Crippen LogP contribution in [0.2, 0.25) is 0 Å². The summed E-state index contributed by atoms with van der Waals surface area (Å²) >= 11 is 0. The van der Waals surface area contributed by atoms with E-state index in [4.69, 9.17) is 19.2 Å². The predicted octanol–water partition coefficient (Wildman–Crippen LogP) is 3.85. The van der Waals surface area contributed by atoms with Gasteiger partial charge in [0.15, 0.2) is 11.9 Å². The molecule has 4 nitrogen and oxygen atoms in total. The zero-order chi connectivity index (χ0) is 15.9. The minimum Gasteiger partial charge on any atom is -0.353 e. The number of ether oxygens (including phenoxy) is 2. The Bertz CT molecular complexity index is 548. The number of hydrogen-bond donors (Lipinski definition) is 0. The first-order chi connectivity index (χ1) is 11.2. The molecular weight excluding hydrogens is 292 g/mol. The normalized spacial score (nSPS) is 43.0. The predicted molar refractivity (Wildman–Crippen MR) is 85.4 cm³/mol. The van der Waals surface area contributed by atoms with E-state index in [0.717, 1.165) is 32.1 Å². The monoisotopic (exact) mass is 318 g/mol. The maximum absolute atomic E-state index is 6.32. The highest BCUT2D eigenvalue weighted by atomic mass is 17.3. The molecule has 126 valence electrons. The molecule has 1 aliphatic carbocycles. The van der Waals surface area contributed by atoms with Gasteiger partial charge in [-0.15, -0.1) is 0 Å². The molecule has 1 saturated carbocycles. The van der Waals surface area contributed by atoms with Crippen LogP contribution in [-0.2, 0) is 25.7 Å². The Morgan fingerprint density at radius 2 is 2.00 bits per heavy atom. The number of methoxy groups -OCH3 is 1. The van der Waals surface area contributed by atoms with Crippen molar-refractivity contribution in [3.63, 3.8) is 0 Å². The average molecular weight is 318 g/mol. The first-order valence-electron chi connectivity index (χ1n) is 8.78. The summed E-state index contributed by atoms with van der Waals surface area (Å²) in [5, 5.41) is 0. The topological polar surface area (TPSA) is 36.9 Å². The van der Waals surface area contributed by atoms with Gasteiger partial charge in [-0.2, -0.15) is 0 Å². The van der Waals surface area contributed by atoms with Crippen molar-refractivity contribution >= 4 is 0 Å². The Balaban J connectivity index is 1.66. The SMILES string of the molecule is CO[C@H]1O[C@]2(C)OO[C@]13CCCC[C@@H]3C[C@@H]2Cc1ccccc1. The van der Waals surface area contributed by atoms with Gasteiger partial charge in [-0.05, 0) is 44.1 Å². The lowest BCUT2D eigenvalue weighted by atomic mass is 9.70. The van der Waals surface area contributed by atoms with Gasteiger partial charge in [-0.3, -0.25) is 0 Å². The summed E-state index contributed by atoms with van der Waals surface area (Å²) in [7, 11) is 1.71. The highest BCUT2D eigenvalue weighted by Gasteiger charge is 2.62. The summed E-state index contributed by atoms with van der Waals surface area (Å²) in [6, 6.07) is 10.6. The fourth-order valence-corrected chi connectivity index (χ4v) is 4.65. The van der Waals surface area contributed by atoms with Crippen LogP contribution < -0.4 is 0 Å². The van der Waals surface area contributed by atoms with Crippen LogP contribution in [0.1, 0.15) is 44.6 Å². The maximum atomic E-state index is 6.32. The lowest BCUT2D eigenvalue weighted by Crippen LogP contribution is -2.60. The second kappa shape index (κ2) is 5.85. The quantitative estimate of drug-likeness (QED) is 0.793. The van der Waals surface area contributed by atoms with Crippen molar-refractivity contribution < 1.29 is 19.2 Å². The molecule has 4 aliphatic rings.